The summed E-state index contributed by atoms with van der Waals surface area (Å²) in [6.07, 6.45) is 1.12. The Hall–Kier alpha value is -2.40. The van der Waals surface area contributed by atoms with E-state index < -0.39 is 0 Å². The van der Waals surface area contributed by atoms with Crippen LogP contribution in [-0.2, 0) is 4.79 Å². The molecule has 1 atom stereocenters. The first-order chi connectivity index (χ1) is 12.5. The van der Waals surface area contributed by atoms with Gasteiger partial charge in [0.05, 0.1) is 6.54 Å². The van der Waals surface area contributed by atoms with Crippen LogP contribution in [0.2, 0.25) is 5.02 Å². The van der Waals surface area contributed by atoms with Crippen LogP contribution in [0, 0.1) is 6.92 Å². The molecular formula is C20H21ClN2O3. The molecule has 0 spiro atoms. The van der Waals surface area contributed by atoms with Gasteiger partial charge in [0.15, 0.2) is 5.78 Å². The molecule has 0 bridgehead atoms. The number of hydrogen-bond acceptors (Lipinski definition) is 4. The highest BCUT2D eigenvalue weighted by Crippen LogP contribution is 2.18. The first kappa shape index (κ1) is 18.4. The Morgan fingerprint density at radius 1 is 1.19 bits per heavy atom. The number of ether oxygens (including phenoxy) is 1. The number of Topliss-reactive ketones (excluding diaryl/α,β-unsaturated/α-hetero) is 1. The highest BCUT2D eigenvalue weighted by atomic mass is 35.5. The summed E-state index contributed by atoms with van der Waals surface area (Å²) in [5, 5.41) is 0.587. The molecule has 26 heavy (non-hydrogen) atoms. The van der Waals surface area contributed by atoms with Crippen molar-refractivity contribution in [1.82, 2.24) is 9.88 Å². The van der Waals surface area contributed by atoms with Crippen molar-refractivity contribution in [2.75, 3.05) is 13.1 Å². The number of benzene rings is 1. The summed E-state index contributed by atoms with van der Waals surface area (Å²) < 4.78 is 5.86. The van der Waals surface area contributed by atoms with E-state index in [2.05, 4.69) is 4.98 Å². The number of ketones is 1. The van der Waals surface area contributed by atoms with Crippen LogP contribution >= 0.6 is 11.6 Å². The van der Waals surface area contributed by atoms with E-state index >= 15 is 0 Å². The van der Waals surface area contributed by atoms with Gasteiger partial charge in [-0.1, -0.05) is 17.7 Å². The smallest absolute Gasteiger partial charge is 0.223 e. The van der Waals surface area contributed by atoms with E-state index in [4.69, 9.17) is 16.3 Å². The molecule has 3 rings (SSSR count). The third kappa shape index (κ3) is 4.82. The van der Waals surface area contributed by atoms with Gasteiger partial charge in [-0.05, 0) is 37.3 Å². The van der Waals surface area contributed by atoms with Crippen molar-refractivity contribution < 1.29 is 14.3 Å². The lowest BCUT2D eigenvalue weighted by Crippen LogP contribution is -2.31. The van der Waals surface area contributed by atoms with Crippen LogP contribution in [-0.4, -0.2) is 40.8 Å². The van der Waals surface area contributed by atoms with Crippen molar-refractivity contribution in [3.8, 4) is 5.88 Å². The maximum absolute atomic E-state index is 12.4. The molecule has 0 N–H and O–H groups in total. The van der Waals surface area contributed by atoms with E-state index in [-0.39, 0.29) is 30.6 Å². The van der Waals surface area contributed by atoms with Crippen molar-refractivity contribution in [3.63, 3.8) is 0 Å². The lowest BCUT2D eigenvalue weighted by atomic mass is 10.1. The minimum atomic E-state index is -0.0554. The Morgan fingerprint density at radius 3 is 2.69 bits per heavy atom. The quantitative estimate of drug-likeness (QED) is 0.725. The van der Waals surface area contributed by atoms with E-state index in [0.29, 0.717) is 29.6 Å². The molecule has 1 aliphatic heterocycles. The molecule has 5 nitrogen and oxygen atoms in total. The van der Waals surface area contributed by atoms with E-state index in [0.717, 1.165) is 12.1 Å². The Kier molecular flexibility index (Phi) is 5.89. The number of amides is 1. The highest BCUT2D eigenvalue weighted by Gasteiger charge is 2.28. The highest BCUT2D eigenvalue weighted by molar-refractivity contribution is 6.30. The summed E-state index contributed by atoms with van der Waals surface area (Å²) in [5.74, 6) is 0.517. The van der Waals surface area contributed by atoms with Crippen molar-refractivity contribution >= 4 is 23.3 Å². The largest absolute Gasteiger partial charge is 0.472 e. The zero-order valence-corrected chi connectivity index (χ0v) is 15.4. The predicted molar refractivity (Wildman–Crippen MR) is 99.6 cm³/mol. The predicted octanol–water partition coefficient (Wildman–Crippen LogP) is 3.69. The van der Waals surface area contributed by atoms with Gasteiger partial charge in [-0.15, -0.1) is 0 Å². The van der Waals surface area contributed by atoms with Gasteiger partial charge in [0.1, 0.15) is 6.10 Å². The molecular weight excluding hydrogens is 352 g/mol. The number of halogens is 1. The molecule has 1 aromatic heterocycles. The second-order valence-electron chi connectivity index (χ2n) is 6.42. The number of rotatable bonds is 6. The maximum atomic E-state index is 12.4. The second-order valence-corrected chi connectivity index (χ2v) is 6.85. The summed E-state index contributed by atoms with van der Waals surface area (Å²) in [7, 11) is 0. The normalized spacial score (nSPS) is 16.5. The topological polar surface area (TPSA) is 59.5 Å². The van der Waals surface area contributed by atoms with Crippen LogP contribution in [0.25, 0.3) is 0 Å². The maximum Gasteiger partial charge on any atom is 0.223 e. The van der Waals surface area contributed by atoms with E-state index in [1.807, 2.05) is 25.1 Å². The molecule has 1 unspecified atom stereocenters. The minimum absolute atomic E-state index is 0.0179. The van der Waals surface area contributed by atoms with Gasteiger partial charge < -0.3 is 9.64 Å². The number of likely N-dealkylation sites (tertiary alicyclic amines) is 1. The Labute approximate surface area is 157 Å². The van der Waals surface area contributed by atoms with Crippen molar-refractivity contribution in [2.24, 2.45) is 0 Å². The lowest BCUT2D eigenvalue weighted by molar-refractivity contribution is -0.130. The summed E-state index contributed by atoms with van der Waals surface area (Å²) in [6.45, 7) is 3.09. The molecule has 1 saturated heterocycles. The van der Waals surface area contributed by atoms with Crippen molar-refractivity contribution in [1.29, 1.82) is 0 Å². The minimum Gasteiger partial charge on any atom is -0.472 e. The van der Waals surface area contributed by atoms with Crippen LogP contribution in [0.1, 0.15) is 35.3 Å². The van der Waals surface area contributed by atoms with Gasteiger partial charge in [-0.25, -0.2) is 4.98 Å². The van der Waals surface area contributed by atoms with Crippen LogP contribution < -0.4 is 4.74 Å². The Balaban J connectivity index is 1.47. The van der Waals surface area contributed by atoms with E-state index in [9.17, 15) is 9.59 Å². The van der Waals surface area contributed by atoms with Gasteiger partial charge in [0.2, 0.25) is 11.8 Å². The average molecular weight is 373 g/mol. The summed E-state index contributed by atoms with van der Waals surface area (Å²) in [6, 6.07) is 12.4. The van der Waals surface area contributed by atoms with Crippen molar-refractivity contribution in [2.45, 2.75) is 32.3 Å². The fraction of sp³-hybridized carbons (Fsp3) is 0.350. The molecule has 1 aliphatic rings. The molecule has 0 saturated carbocycles. The molecule has 0 radical (unpaired) electrons. The molecule has 2 heterocycles. The second kappa shape index (κ2) is 8.32. The number of hydrogen-bond donors (Lipinski definition) is 0. The summed E-state index contributed by atoms with van der Waals surface area (Å²) in [4.78, 5) is 30.6. The van der Waals surface area contributed by atoms with Crippen LogP contribution in [0.4, 0.5) is 0 Å². The molecule has 0 aliphatic carbocycles. The van der Waals surface area contributed by atoms with Gasteiger partial charge in [0.25, 0.3) is 0 Å². The fourth-order valence-corrected chi connectivity index (χ4v) is 3.09. The lowest BCUT2D eigenvalue weighted by Gasteiger charge is -2.17. The zero-order valence-electron chi connectivity index (χ0n) is 14.7. The zero-order chi connectivity index (χ0) is 18.5. The molecule has 136 valence electrons. The number of pyridine rings is 1. The molecule has 1 aromatic carbocycles. The number of carbonyl (C=O) groups excluding carboxylic acids is 2. The number of aromatic nitrogens is 1. The third-order valence-electron chi connectivity index (χ3n) is 4.38. The number of nitrogens with zero attached hydrogens (tertiary/aromatic N) is 2. The standard InChI is InChI=1S/C20H21ClN2O3/c1-14-3-2-4-19(22-14)26-17-11-12-23(13-17)20(25)10-9-18(24)15-5-7-16(21)8-6-15/h2-8,17H,9-13H2,1H3. The SMILES string of the molecule is Cc1cccc(OC2CCN(C(=O)CCC(=O)c3ccc(Cl)cc3)C2)n1. The van der Waals surface area contributed by atoms with E-state index in [1.54, 1.807) is 29.2 Å². The third-order valence-corrected chi connectivity index (χ3v) is 4.63. The molecule has 6 heteroatoms. The van der Waals surface area contributed by atoms with Crippen molar-refractivity contribution in [3.05, 3.63) is 58.7 Å². The first-order valence-corrected chi connectivity index (χ1v) is 9.06. The molecule has 2 aromatic rings. The molecule has 1 amide bonds. The number of carbonyl (C=O) groups is 2. The summed E-state index contributed by atoms with van der Waals surface area (Å²) in [5.41, 5.74) is 1.48. The van der Waals surface area contributed by atoms with Crippen LogP contribution in [0.5, 0.6) is 5.88 Å². The first-order valence-electron chi connectivity index (χ1n) is 8.68. The Morgan fingerprint density at radius 2 is 1.96 bits per heavy atom. The van der Waals surface area contributed by atoms with E-state index in [1.165, 1.54) is 0 Å². The average Bonchev–Trinajstić information content (AvgIpc) is 3.08. The van der Waals surface area contributed by atoms with Crippen LogP contribution in [0.3, 0.4) is 0 Å². The van der Waals surface area contributed by atoms with Crippen LogP contribution in [0.15, 0.2) is 42.5 Å². The van der Waals surface area contributed by atoms with Gasteiger partial charge in [-0.2, -0.15) is 0 Å². The monoisotopic (exact) mass is 372 g/mol. The fourth-order valence-electron chi connectivity index (χ4n) is 2.96. The van der Waals surface area contributed by atoms with Gasteiger partial charge >= 0.3 is 0 Å². The molecule has 1 fully saturated rings. The van der Waals surface area contributed by atoms with Gasteiger partial charge in [-0.3, -0.25) is 9.59 Å². The Bertz CT molecular complexity index is 792. The van der Waals surface area contributed by atoms with Gasteiger partial charge in [0, 0.05) is 48.2 Å². The number of aryl methyl sites for hydroxylation is 1. The summed E-state index contributed by atoms with van der Waals surface area (Å²) >= 11 is 5.82.